The molecule has 0 heterocycles. The molecule has 0 aromatic carbocycles. The number of hydrogen-bond acceptors (Lipinski definition) is 6. The van der Waals surface area contributed by atoms with Crippen LogP contribution in [-0.4, -0.2) is 36.7 Å². The van der Waals surface area contributed by atoms with Crippen LogP contribution in [0.3, 0.4) is 0 Å². The second kappa shape index (κ2) is 8.98. The second-order valence-corrected chi connectivity index (χ2v) is 12.5. The second-order valence-electron chi connectivity index (χ2n) is 12.5. The summed E-state index contributed by atoms with van der Waals surface area (Å²) >= 11 is 0. The summed E-state index contributed by atoms with van der Waals surface area (Å²) in [7, 11) is 0. The van der Waals surface area contributed by atoms with Gasteiger partial charge in [-0.05, 0) is 83.5 Å². The highest BCUT2D eigenvalue weighted by atomic mass is 16.6. The van der Waals surface area contributed by atoms with Gasteiger partial charge in [0.1, 0.15) is 12.2 Å². The third kappa shape index (κ3) is 4.42. The van der Waals surface area contributed by atoms with E-state index in [2.05, 4.69) is 13.0 Å². The third-order valence-electron chi connectivity index (χ3n) is 9.38. The molecule has 4 rings (SSSR count). The highest BCUT2D eigenvalue weighted by molar-refractivity contribution is 5.75. The summed E-state index contributed by atoms with van der Waals surface area (Å²) in [5, 5.41) is 0. The lowest BCUT2D eigenvalue weighted by molar-refractivity contribution is -0.173. The van der Waals surface area contributed by atoms with Crippen molar-refractivity contribution in [3.05, 3.63) is 11.6 Å². The smallest absolute Gasteiger partial charge is 0.311 e. The fourth-order valence-electron chi connectivity index (χ4n) is 7.65. The molecule has 0 radical (unpaired) electrons. The number of ether oxygens (including phenoxy) is 3. The zero-order valence-corrected chi connectivity index (χ0v) is 21.8. The van der Waals surface area contributed by atoms with Crippen LogP contribution in [0.2, 0.25) is 0 Å². The van der Waals surface area contributed by atoms with Crippen LogP contribution in [0.1, 0.15) is 92.9 Å². The quantitative estimate of drug-likeness (QED) is 0.309. The first-order chi connectivity index (χ1) is 15.9. The average Bonchev–Trinajstić information content (AvgIpc) is 3.07. The molecule has 0 aromatic rings. The molecule has 0 aliphatic heterocycles. The molecular formula is C28H42O6. The Balaban J connectivity index is 1.57. The van der Waals surface area contributed by atoms with E-state index >= 15 is 0 Å². The number of carbonyl (C=O) groups excluding carboxylic acids is 3. The molecule has 4 aliphatic rings. The van der Waals surface area contributed by atoms with E-state index in [0.29, 0.717) is 24.4 Å². The topological polar surface area (TPSA) is 78.9 Å². The van der Waals surface area contributed by atoms with Gasteiger partial charge in [0, 0.05) is 31.1 Å². The molecule has 6 heteroatoms. The summed E-state index contributed by atoms with van der Waals surface area (Å²) in [6, 6.07) is 0. The van der Waals surface area contributed by atoms with Crippen molar-refractivity contribution in [2.45, 2.75) is 105 Å². The number of fused-ring (bicyclic) bond motifs is 5. The maximum Gasteiger partial charge on any atom is 0.311 e. The maximum atomic E-state index is 12.7. The Morgan fingerprint density at radius 3 is 2.38 bits per heavy atom. The molecular weight excluding hydrogens is 432 g/mol. The molecule has 0 aromatic heterocycles. The van der Waals surface area contributed by atoms with Gasteiger partial charge in [0.25, 0.3) is 0 Å². The summed E-state index contributed by atoms with van der Waals surface area (Å²) in [5.41, 5.74) is 0.751. The molecule has 0 spiro atoms. The Kier molecular flexibility index (Phi) is 6.67. The average molecular weight is 475 g/mol. The van der Waals surface area contributed by atoms with Crippen LogP contribution in [0, 0.1) is 34.0 Å². The molecule has 34 heavy (non-hydrogen) atoms. The van der Waals surface area contributed by atoms with Crippen molar-refractivity contribution >= 4 is 17.9 Å². The monoisotopic (exact) mass is 474 g/mol. The highest BCUT2D eigenvalue weighted by Crippen LogP contribution is 2.65. The van der Waals surface area contributed by atoms with E-state index in [9.17, 15) is 14.4 Å². The largest absolute Gasteiger partial charge is 0.465 e. The van der Waals surface area contributed by atoms with Gasteiger partial charge in [-0.15, -0.1) is 0 Å². The van der Waals surface area contributed by atoms with Gasteiger partial charge in [0.15, 0.2) is 0 Å². The predicted octanol–water partition coefficient (Wildman–Crippen LogP) is 5.38. The van der Waals surface area contributed by atoms with Crippen molar-refractivity contribution in [2.75, 3.05) is 6.61 Å². The number of hydrogen-bond donors (Lipinski definition) is 0. The van der Waals surface area contributed by atoms with Crippen LogP contribution in [-0.2, 0) is 28.6 Å². The van der Waals surface area contributed by atoms with Gasteiger partial charge < -0.3 is 14.2 Å². The first-order valence-corrected chi connectivity index (χ1v) is 13.1. The van der Waals surface area contributed by atoms with Crippen molar-refractivity contribution in [1.29, 1.82) is 0 Å². The molecule has 3 unspecified atom stereocenters. The SMILES string of the molecule is CC(=O)OC[C@]12CCC(OC(C)=O)CC1CC[C@H]1C3=CCC(OC(=O)C(C)(C)C)[C@@]3(C)CC[C@H]12. The van der Waals surface area contributed by atoms with E-state index in [1.54, 1.807) is 0 Å². The minimum Gasteiger partial charge on any atom is -0.465 e. The van der Waals surface area contributed by atoms with Crippen molar-refractivity contribution in [3.8, 4) is 0 Å². The summed E-state index contributed by atoms with van der Waals surface area (Å²) in [5.74, 6) is 0.662. The lowest BCUT2D eigenvalue weighted by atomic mass is 9.46. The summed E-state index contributed by atoms with van der Waals surface area (Å²) in [4.78, 5) is 36.1. The van der Waals surface area contributed by atoms with Gasteiger partial charge in [0.05, 0.1) is 12.0 Å². The van der Waals surface area contributed by atoms with Crippen molar-refractivity contribution < 1.29 is 28.6 Å². The first kappa shape index (κ1) is 25.2. The zero-order chi connectivity index (χ0) is 24.9. The normalized spacial score (nSPS) is 39.1. The van der Waals surface area contributed by atoms with Crippen LogP contribution in [0.5, 0.6) is 0 Å². The van der Waals surface area contributed by atoms with Gasteiger partial charge in [-0.2, -0.15) is 0 Å². The molecule has 0 amide bonds. The van der Waals surface area contributed by atoms with Crippen LogP contribution < -0.4 is 0 Å². The van der Waals surface area contributed by atoms with E-state index in [4.69, 9.17) is 14.2 Å². The third-order valence-corrected chi connectivity index (χ3v) is 9.38. The van der Waals surface area contributed by atoms with Crippen LogP contribution in [0.4, 0.5) is 0 Å². The Morgan fingerprint density at radius 2 is 1.74 bits per heavy atom. The molecule has 6 nitrogen and oxygen atoms in total. The maximum absolute atomic E-state index is 12.7. The summed E-state index contributed by atoms with van der Waals surface area (Å²) in [6.45, 7) is 11.4. The van der Waals surface area contributed by atoms with Gasteiger partial charge in [-0.25, -0.2) is 0 Å². The molecule has 3 fully saturated rings. The lowest BCUT2D eigenvalue weighted by Gasteiger charge is -2.60. The molecule has 0 bridgehead atoms. The lowest BCUT2D eigenvalue weighted by Crippen LogP contribution is -2.56. The van der Waals surface area contributed by atoms with E-state index in [1.807, 2.05) is 20.8 Å². The van der Waals surface area contributed by atoms with Crippen molar-refractivity contribution in [1.82, 2.24) is 0 Å². The Bertz CT molecular complexity index is 869. The van der Waals surface area contributed by atoms with E-state index in [0.717, 1.165) is 51.4 Å². The highest BCUT2D eigenvalue weighted by Gasteiger charge is 2.60. The van der Waals surface area contributed by atoms with Gasteiger partial charge >= 0.3 is 17.9 Å². The number of carbonyl (C=O) groups is 3. The molecule has 4 aliphatic carbocycles. The first-order valence-electron chi connectivity index (χ1n) is 13.1. The Hall–Kier alpha value is -1.85. The summed E-state index contributed by atoms with van der Waals surface area (Å²) in [6.07, 6.45) is 9.73. The molecule has 7 atom stereocenters. The number of esters is 3. The van der Waals surface area contributed by atoms with Gasteiger partial charge in [-0.1, -0.05) is 18.6 Å². The molecule has 190 valence electrons. The van der Waals surface area contributed by atoms with E-state index < -0.39 is 5.41 Å². The summed E-state index contributed by atoms with van der Waals surface area (Å²) < 4.78 is 17.4. The van der Waals surface area contributed by atoms with E-state index in [-0.39, 0.29) is 40.9 Å². The van der Waals surface area contributed by atoms with Crippen LogP contribution >= 0.6 is 0 Å². The minimum absolute atomic E-state index is 0.0368. The zero-order valence-electron chi connectivity index (χ0n) is 21.8. The number of rotatable bonds is 4. The molecule has 0 N–H and O–H groups in total. The Labute approximate surface area is 204 Å². The van der Waals surface area contributed by atoms with Gasteiger partial charge in [-0.3, -0.25) is 14.4 Å². The van der Waals surface area contributed by atoms with Crippen LogP contribution in [0.15, 0.2) is 11.6 Å². The van der Waals surface area contributed by atoms with Gasteiger partial charge in [0.2, 0.25) is 0 Å². The molecule has 3 saturated carbocycles. The molecule has 0 saturated heterocycles. The standard InChI is InChI=1S/C28H42O6/c1-17(29)32-16-28-14-11-20(33-18(2)30)15-19(28)7-8-21-22-9-10-24(34-25(31)26(3,4)5)27(22,6)13-12-23(21)28/h9,19-21,23-24H,7-8,10-16H2,1-6H3/t19?,20?,21-,23+,24?,27-,28+/m0/s1. The fourth-order valence-corrected chi connectivity index (χ4v) is 7.65. The predicted molar refractivity (Wildman–Crippen MR) is 128 cm³/mol. The van der Waals surface area contributed by atoms with Crippen LogP contribution in [0.25, 0.3) is 0 Å². The fraction of sp³-hybridized carbons (Fsp3) is 0.821. The van der Waals surface area contributed by atoms with Crippen molar-refractivity contribution in [2.24, 2.45) is 34.0 Å². The van der Waals surface area contributed by atoms with Crippen molar-refractivity contribution in [3.63, 3.8) is 0 Å². The van der Waals surface area contributed by atoms with E-state index in [1.165, 1.54) is 19.4 Å². The minimum atomic E-state index is -0.511. The Morgan fingerprint density at radius 1 is 1.00 bits per heavy atom.